The zero-order chi connectivity index (χ0) is 10.7. The molecule has 0 aliphatic heterocycles. The maximum atomic E-state index is 5.76. The fourth-order valence-corrected chi connectivity index (χ4v) is 2.48. The molecule has 1 fully saturated rings. The zero-order valence-electron chi connectivity index (χ0n) is 9.32. The summed E-state index contributed by atoms with van der Waals surface area (Å²) in [6, 6.07) is 2.01. The van der Waals surface area contributed by atoms with Gasteiger partial charge < -0.3 is 11.1 Å². The fraction of sp³-hybridized carbons (Fsp3) is 0.727. The maximum absolute atomic E-state index is 5.76. The first-order chi connectivity index (χ1) is 7.31. The van der Waals surface area contributed by atoms with E-state index >= 15 is 0 Å². The second kappa shape index (κ2) is 4.66. The average Bonchev–Trinajstić information content (AvgIpc) is 2.83. The first kappa shape index (κ1) is 10.5. The molecule has 1 aliphatic carbocycles. The smallest absolute Gasteiger partial charge is 0.123 e. The van der Waals surface area contributed by atoms with E-state index in [2.05, 4.69) is 10.4 Å². The standard InChI is InChI=1S/C11H20N4/c1-15-11(5-6-14-15)13-8-10-4-2-3-9(10)7-12/h5-6,9-10,13H,2-4,7-8,12H2,1H3. The SMILES string of the molecule is Cn1nccc1NCC1CCCC1CN. The van der Waals surface area contributed by atoms with Gasteiger partial charge in [0.2, 0.25) is 0 Å². The molecule has 2 rings (SSSR count). The molecule has 84 valence electrons. The van der Waals surface area contributed by atoms with E-state index < -0.39 is 0 Å². The van der Waals surface area contributed by atoms with Crippen LogP contribution in [-0.2, 0) is 7.05 Å². The molecule has 0 radical (unpaired) electrons. The summed E-state index contributed by atoms with van der Waals surface area (Å²) >= 11 is 0. The molecule has 1 aromatic rings. The Bertz CT molecular complexity index is 307. The minimum atomic E-state index is 0.714. The molecule has 15 heavy (non-hydrogen) atoms. The topological polar surface area (TPSA) is 55.9 Å². The summed E-state index contributed by atoms with van der Waals surface area (Å²) in [7, 11) is 1.96. The lowest BCUT2D eigenvalue weighted by Gasteiger charge is -2.18. The minimum Gasteiger partial charge on any atom is -0.370 e. The zero-order valence-corrected chi connectivity index (χ0v) is 9.32. The number of aryl methyl sites for hydroxylation is 1. The molecule has 2 unspecified atom stereocenters. The quantitative estimate of drug-likeness (QED) is 0.782. The van der Waals surface area contributed by atoms with Gasteiger partial charge in [0, 0.05) is 19.7 Å². The van der Waals surface area contributed by atoms with E-state index in [-0.39, 0.29) is 0 Å². The van der Waals surface area contributed by atoms with Gasteiger partial charge in [0.15, 0.2) is 0 Å². The first-order valence-corrected chi connectivity index (χ1v) is 5.73. The van der Waals surface area contributed by atoms with Crippen molar-refractivity contribution in [3.8, 4) is 0 Å². The van der Waals surface area contributed by atoms with E-state index in [0.717, 1.165) is 24.8 Å². The van der Waals surface area contributed by atoms with Crippen molar-refractivity contribution < 1.29 is 0 Å². The van der Waals surface area contributed by atoms with Crippen LogP contribution in [-0.4, -0.2) is 22.9 Å². The fourth-order valence-electron chi connectivity index (χ4n) is 2.48. The summed E-state index contributed by atoms with van der Waals surface area (Å²) in [5.74, 6) is 2.55. The third kappa shape index (κ3) is 2.31. The lowest BCUT2D eigenvalue weighted by Crippen LogP contribution is -2.24. The minimum absolute atomic E-state index is 0.714. The van der Waals surface area contributed by atoms with Crippen LogP contribution < -0.4 is 11.1 Å². The first-order valence-electron chi connectivity index (χ1n) is 5.73. The van der Waals surface area contributed by atoms with Crippen LogP contribution in [0, 0.1) is 11.8 Å². The van der Waals surface area contributed by atoms with E-state index in [1.54, 1.807) is 0 Å². The van der Waals surface area contributed by atoms with Crippen molar-refractivity contribution in [2.45, 2.75) is 19.3 Å². The molecule has 0 saturated heterocycles. The van der Waals surface area contributed by atoms with Gasteiger partial charge in [-0.25, -0.2) is 0 Å². The number of anilines is 1. The highest BCUT2D eigenvalue weighted by molar-refractivity contribution is 5.33. The largest absolute Gasteiger partial charge is 0.370 e. The Labute approximate surface area is 90.8 Å². The van der Waals surface area contributed by atoms with Gasteiger partial charge in [-0.1, -0.05) is 6.42 Å². The molecule has 1 aliphatic rings. The lowest BCUT2D eigenvalue weighted by molar-refractivity contribution is 0.413. The van der Waals surface area contributed by atoms with Gasteiger partial charge in [0.1, 0.15) is 5.82 Å². The predicted molar refractivity (Wildman–Crippen MR) is 61.6 cm³/mol. The monoisotopic (exact) mass is 208 g/mol. The summed E-state index contributed by atoms with van der Waals surface area (Å²) in [5.41, 5.74) is 5.76. The summed E-state index contributed by atoms with van der Waals surface area (Å²) in [6.07, 6.45) is 5.76. The van der Waals surface area contributed by atoms with E-state index in [1.165, 1.54) is 19.3 Å². The number of hydrogen-bond donors (Lipinski definition) is 2. The predicted octanol–water partition coefficient (Wildman–Crippen LogP) is 1.21. The molecule has 0 aromatic carbocycles. The highest BCUT2D eigenvalue weighted by Crippen LogP contribution is 2.30. The second-order valence-corrected chi connectivity index (χ2v) is 4.41. The van der Waals surface area contributed by atoms with Gasteiger partial charge in [0.25, 0.3) is 0 Å². The van der Waals surface area contributed by atoms with Gasteiger partial charge in [-0.15, -0.1) is 0 Å². The Kier molecular flexibility index (Phi) is 3.26. The van der Waals surface area contributed by atoms with Gasteiger partial charge in [-0.3, -0.25) is 4.68 Å². The molecule has 4 heteroatoms. The van der Waals surface area contributed by atoms with Crippen LogP contribution in [0.15, 0.2) is 12.3 Å². The van der Waals surface area contributed by atoms with Crippen LogP contribution in [0.25, 0.3) is 0 Å². The number of nitrogens with zero attached hydrogens (tertiary/aromatic N) is 2. The molecule has 1 saturated carbocycles. The van der Waals surface area contributed by atoms with Crippen molar-refractivity contribution >= 4 is 5.82 Å². The van der Waals surface area contributed by atoms with E-state index in [0.29, 0.717) is 5.92 Å². The van der Waals surface area contributed by atoms with Crippen molar-refractivity contribution in [1.82, 2.24) is 9.78 Å². The summed E-state index contributed by atoms with van der Waals surface area (Å²) in [5, 5.41) is 7.57. The Morgan fingerprint density at radius 2 is 2.33 bits per heavy atom. The number of nitrogens with two attached hydrogens (primary N) is 1. The van der Waals surface area contributed by atoms with Crippen LogP contribution in [0.5, 0.6) is 0 Å². The Hall–Kier alpha value is -1.03. The molecule has 0 bridgehead atoms. The molecule has 1 aromatic heterocycles. The maximum Gasteiger partial charge on any atom is 0.123 e. The van der Waals surface area contributed by atoms with Crippen LogP contribution in [0.4, 0.5) is 5.82 Å². The number of rotatable bonds is 4. The third-order valence-electron chi connectivity index (χ3n) is 3.49. The highest BCUT2D eigenvalue weighted by atomic mass is 15.3. The third-order valence-corrected chi connectivity index (χ3v) is 3.49. The Morgan fingerprint density at radius 1 is 1.53 bits per heavy atom. The summed E-state index contributed by atoms with van der Waals surface area (Å²) in [6.45, 7) is 1.86. The lowest BCUT2D eigenvalue weighted by atomic mass is 9.96. The Morgan fingerprint density at radius 3 is 3.00 bits per heavy atom. The van der Waals surface area contributed by atoms with E-state index in [4.69, 9.17) is 5.73 Å². The van der Waals surface area contributed by atoms with Crippen LogP contribution in [0.2, 0.25) is 0 Å². The van der Waals surface area contributed by atoms with Gasteiger partial charge in [-0.2, -0.15) is 5.10 Å². The summed E-state index contributed by atoms with van der Waals surface area (Å²) in [4.78, 5) is 0. The molecule has 0 amide bonds. The van der Waals surface area contributed by atoms with E-state index in [1.807, 2.05) is 24.0 Å². The normalized spacial score (nSPS) is 25.7. The Balaban J connectivity index is 1.85. The van der Waals surface area contributed by atoms with Crippen LogP contribution in [0.1, 0.15) is 19.3 Å². The van der Waals surface area contributed by atoms with Gasteiger partial charge in [0.05, 0.1) is 6.20 Å². The molecule has 1 heterocycles. The van der Waals surface area contributed by atoms with Gasteiger partial charge >= 0.3 is 0 Å². The second-order valence-electron chi connectivity index (χ2n) is 4.41. The van der Waals surface area contributed by atoms with Crippen molar-refractivity contribution in [3.63, 3.8) is 0 Å². The average molecular weight is 208 g/mol. The number of hydrogen-bond acceptors (Lipinski definition) is 3. The van der Waals surface area contributed by atoms with Gasteiger partial charge in [-0.05, 0) is 31.2 Å². The number of nitrogens with one attached hydrogen (secondary N) is 1. The highest BCUT2D eigenvalue weighted by Gasteiger charge is 2.25. The molecular weight excluding hydrogens is 188 g/mol. The van der Waals surface area contributed by atoms with Crippen LogP contribution >= 0.6 is 0 Å². The van der Waals surface area contributed by atoms with Crippen molar-refractivity contribution in [1.29, 1.82) is 0 Å². The van der Waals surface area contributed by atoms with Crippen LogP contribution in [0.3, 0.4) is 0 Å². The number of aromatic nitrogens is 2. The summed E-state index contributed by atoms with van der Waals surface area (Å²) < 4.78 is 1.87. The molecule has 0 spiro atoms. The molecule has 2 atom stereocenters. The molecule has 4 nitrogen and oxygen atoms in total. The van der Waals surface area contributed by atoms with E-state index in [9.17, 15) is 0 Å². The molecule has 3 N–H and O–H groups in total. The van der Waals surface area contributed by atoms with Crippen molar-refractivity contribution in [2.24, 2.45) is 24.6 Å². The van der Waals surface area contributed by atoms with Crippen molar-refractivity contribution in [3.05, 3.63) is 12.3 Å². The van der Waals surface area contributed by atoms with Crippen molar-refractivity contribution in [2.75, 3.05) is 18.4 Å². The molecular formula is C11H20N4.